The molecule has 1 unspecified atom stereocenters. The van der Waals surface area contributed by atoms with Gasteiger partial charge in [-0.25, -0.2) is 8.42 Å². The highest BCUT2D eigenvalue weighted by molar-refractivity contribution is 7.89. The molecule has 0 aliphatic carbocycles. The number of nitrogens with zero attached hydrogens (tertiary/aromatic N) is 1. The van der Waals surface area contributed by atoms with Crippen LogP contribution in [0.4, 0.5) is 4.39 Å². The van der Waals surface area contributed by atoms with Crippen LogP contribution in [0, 0.1) is 0 Å². The molecule has 1 N–H and O–H groups in total. The monoisotopic (exact) mass is 227 g/mol. The number of hydrogen-bond donors (Lipinski definition) is 1. The zero-order chi connectivity index (χ0) is 11.4. The lowest BCUT2D eigenvalue weighted by molar-refractivity contribution is -0.140. The van der Waals surface area contributed by atoms with Crippen molar-refractivity contribution in [1.82, 2.24) is 4.31 Å². The third-order valence-corrected chi connectivity index (χ3v) is 3.88. The SMILES string of the molecule is CC(C(=O)O)N(C)S(=O)(=O)CCCF. The zero-order valence-electron chi connectivity index (χ0n) is 8.10. The summed E-state index contributed by atoms with van der Waals surface area (Å²) >= 11 is 0. The summed E-state index contributed by atoms with van der Waals surface area (Å²) in [5.41, 5.74) is 0. The summed E-state index contributed by atoms with van der Waals surface area (Å²) in [5.74, 6) is -1.59. The van der Waals surface area contributed by atoms with E-state index in [1.165, 1.54) is 14.0 Å². The lowest BCUT2D eigenvalue weighted by Crippen LogP contribution is -2.41. The normalized spacial score (nSPS) is 14.3. The molecule has 0 fully saturated rings. The van der Waals surface area contributed by atoms with Gasteiger partial charge in [0.25, 0.3) is 0 Å². The molecule has 0 heterocycles. The molecular formula is C7H14FNO4S. The smallest absolute Gasteiger partial charge is 0.321 e. The first kappa shape index (κ1) is 13.3. The molecule has 1 atom stereocenters. The number of carboxylic acid groups (broad SMARTS) is 1. The summed E-state index contributed by atoms with van der Waals surface area (Å²) in [7, 11) is -2.48. The maximum Gasteiger partial charge on any atom is 0.321 e. The standard InChI is InChI=1S/C7H14FNO4S/c1-6(7(10)11)9(2)14(12,13)5-3-4-8/h6H,3-5H2,1-2H3,(H,10,11). The molecule has 5 nitrogen and oxygen atoms in total. The first-order valence-corrected chi connectivity index (χ1v) is 5.68. The largest absolute Gasteiger partial charge is 0.480 e. The van der Waals surface area contributed by atoms with Crippen molar-refractivity contribution < 1.29 is 22.7 Å². The van der Waals surface area contributed by atoms with Crippen LogP contribution in [0.2, 0.25) is 0 Å². The molecule has 0 rings (SSSR count). The van der Waals surface area contributed by atoms with Crippen molar-refractivity contribution >= 4 is 16.0 Å². The molecule has 14 heavy (non-hydrogen) atoms. The van der Waals surface area contributed by atoms with Gasteiger partial charge in [-0.2, -0.15) is 4.31 Å². The van der Waals surface area contributed by atoms with Gasteiger partial charge in [0.15, 0.2) is 0 Å². The van der Waals surface area contributed by atoms with E-state index in [1.54, 1.807) is 0 Å². The minimum Gasteiger partial charge on any atom is -0.480 e. The Morgan fingerprint density at radius 1 is 1.57 bits per heavy atom. The Hall–Kier alpha value is -0.690. The average Bonchev–Trinajstić information content (AvgIpc) is 2.12. The fourth-order valence-corrected chi connectivity index (χ4v) is 2.11. The maximum atomic E-state index is 11.7. The molecule has 0 radical (unpaired) electrons. The Morgan fingerprint density at radius 3 is 2.43 bits per heavy atom. The topological polar surface area (TPSA) is 74.7 Å². The fraction of sp³-hybridized carbons (Fsp3) is 0.857. The van der Waals surface area contributed by atoms with Gasteiger partial charge in [0.05, 0.1) is 12.4 Å². The van der Waals surface area contributed by atoms with Crippen LogP contribution in [-0.2, 0) is 14.8 Å². The Morgan fingerprint density at radius 2 is 2.07 bits per heavy atom. The number of sulfonamides is 1. The lowest BCUT2D eigenvalue weighted by atomic mass is 10.4. The Labute approximate surface area is 82.6 Å². The van der Waals surface area contributed by atoms with Crippen LogP contribution >= 0.6 is 0 Å². The van der Waals surface area contributed by atoms with Crippen LogP contribution in [0.5, 0.6) is 0 Å². The summed E-state index contributed by atoms with van der Waals surface area (Å²) < 4.78 is 35.2. The fourth-order valence-electron chi connectivity index (χ4n) is 0.777. The summed E-state index contributed by atoms with van der Waals surface area (Å²) in [6.45, 7) is 0.532. The van der Waals surface area contributed by atoms with E-state index in [2.05, 4.69) is 0 Å². The van der Waals surface area contributed by atoms with Gasteiger partial charge in [-0.3, -0.25) is 9.18 Å². The summed E-state index contributed by atoms with van der Waals surface area (Å²) in [6, 6.07) is -1.13. The van der Waals surface area contributed by atoms with Crippen molar-refractivity contribution in [3.8, 4) is 0 Å². The molecule has 0 aromatic rings. The van der Waals surface area contributed by atoms with E-state index in [9.17, 15) is 17.6 Å². The summed E-state index contributed by atoms with van der Waals surface area (Å²) in [6.07, 6.45) is -0.112. The Bertz CT molecular complexity index is 290. The number of carbonyl (C=O) groups is 1. The predicted molar refractivity (Wildman–Crippen MR) is 49.2 cm³/mol. The molecule has 0 aliphatic heterocycles. The van der Waals surface area contributed by atoms with Crippen LogP contribution in [0.1, 0.15) is 13.3 Å². The van der Waals surface area contributed by atoms with Gasteiger partial charge < -0.3 is 5.11 Å². The maximum absolute atomic E-state index is 11.7. The lowest BCUT2D eigenvalue weighted by Gasteiger charge is -2.20. The Kier molecular flexibility index (Phi) is 5.00. The van der Waals surface area contributed by atoms with Crippen LogP contribution in [0.3, 0.4) is 0 Å². The molecule has 0 aromatic carbocycles. The van der Waals surface area contributed by atoms with Crippen molar-refractivity contribution in [2.45, 2.75) is 19.4 Å². The molecule has 7 heteroatoms. The molecule has 0 saturated carbocycles. The molecule has 0 spiro atoms. The van der Waals surface area contributed by atoms with E-state index in [0.29, 0.717) is 0 Å². The second-order valence-corrected chi connectivity index (χ2v) is 5.04. The molecule has 0 aromatic heterocycles. The molecule has 0 aliphatic rings. The van der Waals surface area contributed by atoms with Gasteiger partial charge in [-0.15, -0.1) is 0 Å². The van der Waals surface area contributed by atoms with Crippen LogP contribution in [-0.4, -0.2) is 49.3 Å². The Balaban J connectivity index is 4.50. The molecular weight excluding hydrogens is 213 g/mol. The van der Waals surface area contributed by atoms with Gasteiger partial charge >= 0.3 is 5.97 Å². The number of hydrogen-bond acceptors (Lipinski definition) is 3. The van der Waals surface area contributed by atoms with Crippen molar-refractivity contribution in [2.24, 2.45) is 0 Å². The highest BCUT2D eigenvalue weighted by Crippen LogP contribution is 2.06. The van der Waals surface area contributed by atoms with Crippen LogP contribution in [0.25, 0.3) is 0 Å². The molecule has 0 saturated heterocycles. The van der Waals surface area contributed by atoms with E-state index < -0.39 is 28.7 Å². The third-order valence-electron chi connectivity index (χ3n) is 1.88. The minimum atomic E-state index is -3.65. The highest BCUT2D eigenvalue weighted by Gasteiger charge is 2.27. The number of carboxylic acids is 1. The number of aliphatic carboxylic acids is 1. The number of likely N-dealkylation sites (N-methyl/N-ethyl adjacent to an activating group) is 1. The van der Waals surface area contributed by atoms with Crippen molar-refractivity contribution in [3.63, 3.8) is 0 Å². The van der Waals surface area contributed by atoms with E-state index in [-0.39, 0.29) is 12.2 Å². The van der Waals surface area contributed by atoms with E-state index in [0.717, 1.165) is 4.31 Å². The number of rotatable bonds is 6. The molecule has 0 amide bonds. The van der Waals surface area contributed by atoms with Gasteiger partial charge in [0.2, 0.25) is 10.0 Å². The van der Waals surface area contributed by atoms with Crippen molar-refractivity contribution in [3.05, 3.63) is 0 Å². The first-order valence-electron chi connectivity index (χ1n) is 4.07. The van der Waals surface area contributed by atoms with Crippen molar-refractivity contribution in [1.29, 1.82) is 0 Å². The quantitative estimate of drug-likeness (QED) is 0.697. The third kappa shape index (κ3) is 3.59. The van der Waals surface area contributed by atoms with Gasteiger partial charge in [-0.1, -0.05) is 0 Å². The minimum absolute atomic E-state index is 0.112. The van der Waals surface area contributed by atoms with Crippen molar-refractivity contribution in [2.75, 3.05) is 19.5 Å². The predicted octanol–water partition coefficient (Wildman–Crippen LogP) is 0.0807. The first-order chi connectivity index (χ1) is 6.33. The summed E-state index contributed by atoms with van der Waals surface area (Å²) in [4.78, 5) is 10.5. The van der Waals surface area contributed by atoms with Gasteiger partial charge in [0, 0.05) is 7.05 Å². The van der Waals surface area contributed by atoms with E-state index >= 15 is 0 Å². The molecule has 84 valence electrons. The summed E-state index contributed by atoms with van der Waals surface area (Å²) in [5, 5.41) is 8.56. The second kappa shape index (κ2) is 5.26. The van der Waals surface area contributed by atoms with Crippen LogP contribution in [0.15, 0.2) is 0 Å². The number of alkyl halides is 1. The van der Waals surface area contributed by atoms with Gasteiger partial charge in [-0.05, 0) is 13.3 Å². The molecule has 0 bridgehead atoms. The van der Waals surface area contributed by atoms with Gasteiger partial charge in [0.1, 0.15) is 6.04 Å². The average molecular weight is 227 g/mol. The van der Waals surface area contributed by atoms with E-state index in [1.807, 2.05) is 0 Å². The highest BCUT2D eigenvalue weighted by atomic mass is 32.2. The number of halogens is 1. The van der Waals surface area contributed by atoms with Crippen LogP contribution < -0.4 is 0 Å². The second-order valence-electron chi connectivity index (χ2n) is 2.89. The zero-order valence-corrected chi connectivity index (χ0v) is 8.92. The van der Waals surface area contributed by atoms with E-state index in [4.69, 9.17) is 5.11 Å².